The minimum absolute atomic E-state index is 0.116. The Balaban J connectivity index is 1.36. The maximum Gasteiger partial charge on any atom is 0.227 e. The molecule has 6 nitrogen and oxygen atoms in total. The van der Waals surface area contributed by atoms with E-state index in [1.807, 2.05) is 41.1 Å². The first-order chi connectivity index (χ1) is 14.5. The number of anilines is 1. The summed E-state index contributed by atoms with van der Waals surface area (Å²) in [7, 11) is 0. The van der Waals surface area contributed by atoms with Crippen molar-refractivity contribution in [1.29, 1.82) is 0 Å². The highest BCUT2D eigenvalue weighted by atomic mass is 35.5. The van der Waals surface area contributed by atoms with Crippen LogP contribution in [0.15, 0.2) is 41.9 Å². The zero-order valence-electron chi connectivity index (χ0n) is 16.0. The van der Waals surface area contributed by atoms with Crippen molar-refractivity contribution in [2.45, 2.75) is 26.3 Å². The number of amides is 1. The number of thiophene rings is 1. The topological polar surface area (TPSA) is 75.6 Å². The second-order valence-electron chi connectivity index (χ2n) is 6.67. The van der Waals surface area contributed by atoms with E-state index in [0.29, 0.717) is 16.4 Å². The number of carbonyl (C=O) groups excluding carboxylic acids is 1. The van der Waals surface area contributed by atoms with Crippen molar-refractivity contribution in [2.24, 2.45) is 0 Å². The summed E-state index contributed by atoms with van der Waals surface area (Å²) in [5.74, 6) is 0.630. The number of hydrogen-bond donors (Lipinski definition) is 2. The average molecular weight is 476 g/mol. The van der Waals surface area contributed by atoms with E-state index in [-0.39, 0.29) is 12.3 Å². The molecule has 0 saturated carbocycles. The number of nitrogens with zero attached hydrogens (tertiary/aromatic N) is 3. The first-order valence-electron chi connectivity index (χ1n) is 9.18. The van der Waals surface area contributed by atoms with E-state index < -0.39 is 0 Å². The lowest BCUT2D eigenvalue weighted by Gasteiger charge is -2.05. The summed E-state index contributed by atoms with van der Waals surface area (Å²) >= 11 is 14.6. The Morgan fingerprint density at radius 1 is 1.37 bits per heavy atom. The van der Waals surface area contributed by atoms with Gasteiger partial charge in [0.1, 0.15) is 0 Å². The zero-order chi connectivity index (χ0) is 21.1. The molecule has 2 N–H and O–H groups in total. The minimum atomic E-state index is -0.116. The molecule has 3 aromatic heterocycles. The summed E-state index contributed by atoms with van der Waals surface area (Å²) < 4.78 is 2.34. The van der Waals surface area contributed by atoms with Gasteiger partial charge < -0.3 is 5.32 Å². The number of aromatic nitrogens is 4. The molecule has 0 radical (unpaired) electrons. The number of rotatable bonds is 7. The maximum absolute atomic E-state index is 12.4. The van der Waals surface area contributed by atoms with Crippen molar-refractivity contribution in [2.75, 3.05) is 5.32 Å². The van der Waals surface area contributed by atoms with Crippen LogP contribution in [0.5, 0.6) is 0 Å². The molecule has 0 atom stereocenters. The van der Waals surface area contributed by atoms with Gasteiger partial charge in [0, 0.05) is 35.5 Å². The van der Waals surface area contributed by atoms with Crippen molar-refractivity contribution >= 4 is 57.5 Å². The molecule has 0 aliphatic heterocycles. The van der Waals surface area contributed by atoms with Gasteiger partial charge in [-0.05, 0) is 47.8 Å². The Bertz CT molecular complexity index is 1230. The number of aryl methyl sites for hydroxylation is 1. The number of halogens is 1. The van der Waals surface area contributed by atoms with E-state index in [2.05, 4.69) is 26.6 Å². The summed E-state index contributed by atoms with van der Waals surface area (Å²) in [5, 5.41) is 13.3. The van der Waals surface area contributed by atoms with Crippen LogP contribution in [0.3, 0.4) is 0 Å². The van der Waals surface area contributed by atoms with Gasteiger partial charge in [-0.15, -0.1) is 22.7 Å². The number of carbonyl (C=O) groups is 1. The van der Waals surface area contributed by atoms with Crippen LogP contribution in [0.1, 0.15) is 22.4 Å². The molecule has 1 amide bonds. The van der Waals surface area contributed by atoms with Crippen molar-refractivity contribution < 1.29 is 4.79 Å². The van der Waals surface area contributed by atoms with Crippen LogP contribution in [0.25, 0.3) is 10.7 Å². The van der Waals surface area contributed by atoms with Gasteiger partial charge in [0.15, 0.2) is 15.7 Å². The smallest absolute Gasteiger partial charge is 0.227 e. The van der Waals surface area contributed by atoms with E-state index in [1.165, 1.54) is 11.3 Å². The second kappa shape index (κ2) is 9.22. The summed E-state index contributed by atoms with van der Waals surface area (Å²) in [6.45, 7) is 2.42. The van der Waals surface area contributed by atoms with Gasteiger partial charge in [-0.2, -0.15) is 5.10 Å². The van der Waals surface area contributed by atoms with Gasteiger partial charge in [-0.1, -0.05) is 29.8 Å². The molecule has 10 heteroatoms. The van der Waals surface area contributed by atoms with E-state index in [0.717, 1.165) is 38.1 Å². The third-order valence-corrected chi connectivity index (χ3v) is 6.97. The molecule has 0 saturated heterocycles. The SMILES string of the molecule is Cc1ccc(Cc2cnc(NC(=O)CCn3c(-c4cccs4)n[nH]c3=S)s2)cc1Cl. The van der Waals surface area contributed by atoms with Crippen LogP contribution >= 0.6 is 46.5 Å². The van der Waals surface area contributed by atoms with Gasteiger partial charge in [0.2, 0.25) is 5.91 Å². The van der Waals surface area contributed by atoms with Gasteiger partial charge in [0.25, 0.3) is 0 Å². The normalized spacial score (nSPS) is 11.0. The van der Waals surface area contributed by atoms with Crippen LogP contribution in [-0.2, 0) is 17.8 Å². The van der Waals surface area contributed by atoms with Crippen LogP contribution in [0.2, 0.25) is 5.02 Å². The highest BCUT2D eigenvalue weighted by molar-refractivity contribution is 7.71. The summed E-state index contributed by atoms with van der Waals surface area (Å²) in [6, 6.07) is 9.96. The molecule has 0 fully saturated rings. The highest BCUT2D eigenvalue weighted by Gasteiger charge is 2.13. The quantitative estimate of drug-likeness (QED) is 0.336. The molecule has 4 rings (SSSR count). The van der Waals surface area contributed by atoms with Gasteiger partial charge in [0.05, 0.1) is 4.88 Å². The number of aromatic amines is 1. The second-order valence-corrected chi connectivity index (χ2v) is 9.53. The molecule has 3 heterocycles. The average Bonchev–Trinajstić information content (AvgIpc) is 3.45. The van der Waals surface area contributed by atoms with Crippen LogP contribution in [0, 0.1) is 11.7 Å². The van der Waals surface area contributed by atoms with E-state index in [1.54, 1.807) is 17.5 Å². The number of nitrogens with one attached hydrogen (secondary N) is 2. The Hall–Kier alpha value is -2.33. The Kier molecular flexibility index (Phi) is 6.43. The summed E-state index contributed by atoms with van der Waals surface area (Å²) in [5.41, 5.74) is 2.17. The Labute approximate surface area is 191 Å². The standard InChI is InChI=1S/C20H18ClN5OS3/c1-12-4-5-13(10-15(12)21)9-14-11-22-19(30-14)23-17(27)6-7-26-18(24-25-20(26)28)16-3-2-8-29-16/h2-5,8,10-11H,6-7,9H2,1H3,(H,25,28)(H,22,23,27). The third-order valence-electron chi connectivity index (χ3n) is 4.48. The first kappa shape index (κ1) is 20.9. The van der Waals surface area contributed by atoms with Crippen LogP contribution in [0.4, 0.5) is 5.13 Å². The van der Waals surface area contributed by atoms with Gasteiger partial charge in [-0.3, -0.25) is 14.5 Å². The lowest BCUT2D eigenvalue weighted by atomic mass is 10.1. The predicted octanol–water partition coefficient (Wildman–Crippen LogP) is 5.71. The van der Waals surface area contributed by atoms with Crippen molar-refractivity contribution in [3.05, 3.63) is 67.7 Å². The molecular formula is C20H18ClN5OS3. The molecule has 0 aliphatic rings. The van der Waals surface area contributed by atoms with Crippen molar-refractivity contribution in [3.8, 4) is 10.7 Å². The van der Waals surface area contributed by atoms with E-state index in [9.17, 15) is 4.79 Å². The summed E-state index contributed by atoms with van der Waals surface area (Å²) in [4.78, 5) is 18.8. The number of H-pyrrole nitrogens is 1. The lowest BCUT2D eigenvalue weighted by molar-refractivity contribution is -0.116. The third kappa shape index (κ3) is 4.86. The molecule has 30 heavy (non-hydrogen) atoms. The first-order valence-corrected chi connectivity index (χ1v) is 11.7. The van der Waals surface area contributed by atoms with E-state index >= 15 is 0 Å². The number of hydrogen-bond acceptors (Lipinski definition) is 6. The Morgan fingerprint density at radius 2 is 2.23 bits per heavy atom. The monoisotopic (exact) mass is 475 g/mol. The summed E-state index contributed by atoms with van der Waals surface area (Å²) in [6.07, 6.45) is 2.78. The molecule has 1 aromatic carbocycles. The van der Waals surface area contributed by atoms with Crippen LogP contribution < -0.4 is 5.32 Å². The van der Waals surface area contributed by atoms with Crippen LogP contribution in [-0.4, -0.2) is 25.7 Å². The lowest BCUT2D eigenvalue weighted by Crippen LogP contribution is -2.14. The largest absolute Gasteiger partial charge is 0.302 e. The minimum Gasteiger partial charge on any atom is -0.302 e. The molecule has 4 aromatic rings. The fourth-order valence-corrected chi connectivity index (χ4v) is 4.92. The molecular weight excluding hydrogens is 458 g/mol. The highest BCUT2D eigenvalue weighted by Crippen LogP contribution is 2.25. The van der Waals surface area contributed by atoms with E-state index in [4.69, 9.17) is 23.8 Å². The fourth-order valence-electron chi connectivity index (χ4n) is 2.91. The molecule has 154 valence electrons. The van der Waals surface area contributed by atoms with Gasteiger partial charge in [-0.25, -0.2) is 4.98 Å². The Morgan fingerprint density at radius 3 is 3.00 bits per heavy atom. The van der Waals surface area contributed by atoms with Crippen molar-refractivity contribution in [3.63, 3.8) is 0 Å². The molecule has 0 aliphatic carbocycles. The maximum atomic E-state index is 12.4. The number of thiazole rings is 1. The van der Waals surface area contributed by atoms with Crippen molar-refractivity contribution in [1.82, 2.24) is 19.7 Å². The van der Waals surface area contributed by atoms with Gasteiger partial charge >= 0.3 is 0 Å². The predicted molar refractivity (Wildman–Crippen MR) is 125 cm³/mol. The molecule has 0 spiro atoms. The molecule has 0 bridgehead atoms. The molecule has 0 unspecified atom stereocenters. The number of benzene rings is 1. The fraction of sp³-hybridized carbons (Fsp3) is 0.200. The zero-order valence-corrected chi connectivity index (χ0v) is 19.2.